The highest BCUT2D eigenvalue weighted by Crippen LogP contribution is 2.30. The average Bonchev–Trinajstić information content (AvgIpc) is 3.00. The Morgan fingerprint density at radius 3 is 2.84 bits per heavy atom. The van der Waals surface area contributed by atoms with E-state index in [1.165, 1.54) is 6.07 Å². The lowest BCUT2D eigenvalue weighted by Crippen LogP contribution is -2.33. The van der Waals surface area contributed by atoms with Crippen LogP contribution in [-0.2, 0) is 11.2 Å². The van der Waals surface area contributed by atoms with Crippen molar-refractivity contribution in [1.82, 2.24) is 4.90 Å². The molecule has 0 aromatic heterocycles. The minimum absolute atomic E-state index is 0.00241. The van der Waals surface area contributed by atoms with Gasteiger partial charge in [-0.1, -0.05) is 29.8 Å². The van der Waals surface area contributed by atoms with Crippen LogP contribution in [0.4, 0.5) is 0 Å². The van der Waals surface area contributed by atoms with E-state index in [0.717, 1.165) is 16.9 Å². The third-order valence-corrected chi connectivity index (χ3v) is 4.91. The van der Waals surface area contributed by atoms with Crippen molar-refractivity contribution in [2.24, 2.45) is 5.73 Å². The lowest BCUT2D eigenvalue weighted by atomic mass is 9.95. The molecule has 2 aromatic carbocycles. The highest BCUT2D eigenvalue weighted by atomic mass is 35.5. The second-order valence-corrected chi connectivity index (χ2v) is 6.72. The lowest BCUT2D eigenvalue weighted by molar-refractivity contribution is -0.129. The summed E-state index contributed by atoms with van der Waals surface area (Å²) < 4.78 is 5.27. The van der Waals surface area contributed by atoms with Gasteiger partial charge in [0.1, 0.15) is 11.5 Å². The number of ether oxygens (including phenoxy) is 1. The number of carbonyl (C=O) groups excluding carboxylic acids is 1. The van der Waals surface area contributed by atoms with Gasteiger partial charge in [0, 0.05) is 25.0 Å². The van der Waals surface area contributed by atoms with Gasteiger partial charge in [0.05, 0.1) is 18.6 Å². The third-order valence-electron chi connectivity index (χ3n) is 4.61. The van der Waals surface area contributed by atoms with Crippen LogP contribution in [0, 0.1) is 0 Å². The highest BCUT2D eigenvalue weighted by Gasteiger charge is 2.33. The molecule has 6 heteroatoms. The summed E-state index contributed by atoms with van der Waals surface area (Å²) in [6.07, 6.45) is 0.234. The Kier molecular flexibility index (Phi) is 5.16. The zero-order chi connectivity index (χ0) is 18.0. The quantitative estimate of drug-likeness (QED) is 0.878. The second kappa shape index (κ2) is 7.33. The molecule has 1 aliphatic rings. The Morgan fingerprint density at radius 1 is 1.32 bits per heavy atom. The van der Waals surface area contributed by atoms with Crippen molar-refractivity contribution in [2.45, 2.75) is 18.4 Å². The van der Waals surface area contributed by atoms with Gasteiger partial charge in [-0.15, -0.1) is 0 Å². The molecule has 0 aliphatic carbocycles. The summed E-state index contributed by atoms with van der Waals surface area (Å²) in [5.41, 5.74) is 8.13. The van der Waals surface area contributed by atoms with Crippen molar-refractivity contribution in [1.29, 1.82) is 0 Å². The van der Waals surface area contributed by atoms with Gasteiger partial charge < -0.3 is 20.5 Å². The van der Waals surface area contributed by atoms with E-state index in [4.69, 9.17) is 22.1 Å². The van der Waals surface area contributed by atoms with Crippen LogP contribution in [0.25, 0.3) is 0 Å². The molecule has 2 atom stereocenters. The highest BCUT2D eigenvalue weighted by molar-refractivity contribution is 6.32. The first-order chi connectivity index (χ1) is 12.0. The van der Waals surface area contributed by atoms with E-state index in [2.05, 4.69) is 0 Å². The van der Waals surface area contributed by atoms with Crippen LogP contribution in [0.3, 0.4) is 0 Å². The lowest BCUT2D eigenvalue weighted by Gasteiger charge is -2.17. The number of nitrogens with two attached hydrogens (primary N) is 1. The molecule has 0 bridgehead atoms. The molecule has 1 saturated heterocycles. The summed E-state index contributed by atoms with van der Waals surface area (Å²) in [5.74, 6) is 0.886. The zero-order valence-corrected chi connectivity index (χ0v) is 14.7. The molecular formula is C19H21ClN2O3. The maximum absolute atomic E-state index is 12.6. The van der Waals surface area contributed by atoms with E-state index in [0.29, 0.717) is 13.1 Å². The monoisotopic (exact) mass is 360 g/mol. The Bertz CT molecular complexity index is 781. The summed E-state index contributed by atoms with van der Waals surface area (Å²) in [7, 11) is 1.63. The number of nitrogens with zero attached hydrogens (tertiary/aromatic N) is 1. The van der Waals surface area contributed by atoms with Gasteiger partial charge in [-0.05, 0) is 35.4 Å². The fourth-order valence-electron chi connectivity index (χ4n) is 3.20. The topological polar surface area (TPSA) is 75.8 Å². The fourth-order valence-corrected chi connectivity index (χ4v) is 3.41. The van der Waals surface area contributed by atoms with Gasteiger partial charge in [0.25, 0.3) is 0 Å². The van der Waals surface area contributed by atoms with Crippen molar-refractivity contribution >= 4 is 17.5 Å². The first-order valence-electron chi connectivity index (χ1n) is 8.12. The molecule has 1 amide bonds. The van der Waals surface area contributed by atoms with E-state index in [1.807, 2.05) is 24.3 Å². The number of halogens is 1. The van der Waals surface area contributed by atoms with Crippen LogP contribution in [-0.4, -0.2) is 42.2 Å². The molecule has 1 fully saturated rings. The maximum atomic E-state index is 12.6. The molecule has 1 heterocycles. The van der Waals surface area contributed by atoms with Crippen molar-refractivity contribution in [3.05, 3.63) is 58.6 Å². The largest absolute Gasteiger partial charge is 0.506 e. The Morgan fingerprint density at radius 2 is 2.12 bits per heavy atom. The van der Waals surface area contributed by atoms with Crippen molar-refractivity contribution in [3.63, 3.8) is 0 Å². The van der Waals surface area contributed by atoms with Crippen molar-refractivity contribution < 1.29 is 14.6 Å². The number of methoxy groups -OCH3 is 1. The Balaban J connectivity index is 1.69. The summed E-state index contributed by atoms with van der Waals surface area (Å²) in [6.45, 7) is 1.10. The maximum Gasteiger partial charge on any atom is 0.227 e. The number of hydrogen-bond donors (Lipinski definition) is 2. The molecule has 3 rings (SSSR count). The normalized spacial score (nSPS) is 19.9. The number of phenols is 1. The van der Waals surface area contributed by atoms with E-state index in [-0.39, 0.29) is 35.1 Å². The molecule has 2 aromatic rings. The van der Waals surface area contributed by atoms with Gasteiger partial charge in [-0.2, -0.15) is 0 Å². The minimum atomic E-state index is -0.112. The summed E-state index contributed by atoms with van der Waals surface area (Å²) in [5, 5.41) is 9.72. The molecule has 5 nitrogen and oxygen atoms in total. The second-order valence-electron chi connectivity index (χ2n) is 6.31. The molecular weight excluding hydrogens is 340 g/mol. The number of aromatic hydroxyl groups is 1. The zero-order valence-electron chi connectivity index (χ0n) is 14.0. The number of rotatable bonds is 4. The smallest absolute Gasteiger partial charge is 0.227 e. The van der Waals surface area contributed by atoms with Gasteiger partial charge in [0.2, 0.25) is 5.91 Å². The number of phenolic OH excluding ortho intramolecular Hbond substituents is 1. The van der Waals surface area contributed by atoms with Crippen LogP contribution >= 0.6 is 11.6 Å². The van der Waals surface area contributed by atoms with E-state index < -0.39 is 0 Å². The first-order valence-corrected chi connectivity index (χ1v) is 8.50. The van der Waals surface area contributed by atoms with Crippen molar-refractivity contribution in [3.8, 4) is 11.5 Å². The third kappa shape index (κ3) is 3.89. The van der Waals surface area contributed by atoms with E-state index >= 15 is 0 Å². The predicted molar refractivity (Wildman–Crippen MR) is 97.1 cm³/mol. The average molecular weight is 361 g/mol. The summed E-state index contributed by atoms with van der Waals surface area (Å²) in [4.78, 5) is 14.4. The first kappa shape index (κ1) is 17.6. The van der Waals surface area contributed by atoms with Crippen LogP contribution in [0.5, 0.6) is 11.5 Å². The molecule has 3 N–H and O–H groups in total. The molecule has 132 valence electrons. The Hall–Kier alpha value is -2.24. The van der Waals surface area contributed by atoms with E-state index in [9.17, 15) is 9.90 Å². The number of amides is 1. The summed E-state index contributed by atoms with van der Waals surface area (Å²) in [6, 6.07) is 12.5. The van der Waals surface area contributed by atoms with Crippen LogP contribution in [0.15, 0.2) is 42.5 Å². The van der Waals surface area contributed by atoms with Crippen molar-refractivity contribution in [2.75, 3.05) is 20.2 Å². The molecule has 1 aliphatic heterocycles. The molecule has 0 unspecified atom stereocenters. The van der Waals surface area contributed by atoms with Gasteiger partial charge >= 0.3 is 0 Å². The standard InChI is InChI=1S/C19H21ClN2O3/c1-25-14-4-2-3-13(9-14)15-10-22(11-17(15)21)19(24)8-12-5-6-18(23)16(20)7-12/h2-7,9,15,17,23H,8,10-11,21H2,1H3/t15-,17+/m0/s1. The fraction of sp³-hybridized carbons (Fsp3) is 0.316. The van der Waals surface area contributed by atoms with Crippen LogP contribution in [0.1, 0.15) is 17.0 Å². The van der Waals surface area contributed by atoms with Gasteiger partial charge in [-0.25, -0.2) is 0 Å². The van der Waals surface area contributed by atoms with Crippen LogP contribution < -0.4 is 10.5 Å². The van der Waals surface area contributed by atoms with E-state index in [1.54, 1.807) is 24.1 Å². The SMILES string of the molecule is COc1cccc([C@@H]2CN(C(=O)Cc3ccc(O)c(Cl)c3)C[C@H]2N)c1. The van der Waals surface area contributed by atoms with Gasteiger partial charge in [0.15, 0.2) is 0 Å². The number of carbonyl (C=O) groups is 1. The number of hydrogen-bond acceptors (Lipinski definition) is 4. The Labute approximate surface area is 152 Å². The van der Waals surface area contributed by atoms with Crippen LogP contribution in [0.2, 0.25) is 5.02 Å². The molecule has 0 saturated carbocycles. The molecule has 0 radical (unpaired) electrons. The minimum Gasteiger partial charge on any atom is -0.506 e. The number of likely N-dealkylation sites (tertiary alicyclic amines) is 1. The predicted octanol–water partition coefficient (Wildman–Crippen LogP) is 2.55. The number of benzene rings is 2. The molecule has 25 heavy (non-hydrogen) atoms. The summed E-state index contributed by atoms with van der Waals surface area (Å²) >= 11 is 5.91. The van der Waals surface area contributed by atoms with Gasteiger partial charge in [-0.3, -0.25) is 4.79 Å². The molecule has 0 spiro atoms.